The van der Waals surface area contributed by atoms with Crippen LogP contribution in [0.3, 0.4) is 0 Å². The smallest absolute Gasteiger partial charge is 0.255 e. The Bertz CT molecular complexity index is 854. The van der Waals surface area contributed by atoms with E-state index in [0.29, 0.717) is 5.56 Å². The van der Waals surface area contributed by atoms with E-state index in [0.717, 1.165) is 36.9 Å². The molecule has 5 nitrogen and oxygen atoms in total. The molecule has 0 saturated heterocycles. The number of benzene rings is 2. The predicted octanol–water partition coefficient (Wildman–Crippen LogP) is 3.47. The first-order chi connectivity index (χ1) is 12.0. The lowest BCUT2D eigenvalue weighted by molar-refractivity contribution is 0.102. The number of sulfonamides is 1. The lowest BCUT2D eigenvalue weighted by atomic mass is 10.1. The van der Waals surface area contributed by atoms with Crippen molar-refractivity contribution in [1.82, 2.24) is 4.72 Å². The van der Waals surface area contributed by atoms with Gasteiger partial charge in [-0.3, -0.25) is 4.79 Å². The first-order valence-corrected chi connectivity index (χ1v) is 9.93. The molecule has 1 fully saturated rings. The fourth-order valence-electron chi connectivity index (χ4n) is 3.02. The molecule has 132 valence electrons. The Labute approximate surface area is 148 Å². The average Bonchev–Trinajstić information content (AvgIpc) is 3.09. The highest BCUT2D eigenvalue weighted by Gasteiger charge is 2.23. The molecular weight excluding hydrogens is 336 g/mol. The number of anilines is 1. The van der Waals surface area contributed by atoms with Crippen LogP contribution in [0.15, 0.2) is 53.4 Å². The Hall–Kier alpha value is -2.18. The Morgan fingerprint density at radius 2 is 1.64 bits per heavy atom. The van der Waals surface area contributed by atoms with Crippen LogP contribution in [0.5, 0.6) is 0 Å². The third-order valence-electron chi connectivity index (χ3n) is 4.50. The van der Waals surface area contributed by atoms with Gasteiger partial charge in [-0.25, -0.2) is 13.1 Å². The lowest BCUT2D eigenvalue weighted by Gasteiger charge is -2.13. The molecule has 0 spiro atoms. The van der Waals surface area contributed by atoms with E-state index >= 15 is 0 Å². The van der Waals surface area contributed by atoms with Crippen molar-refractivity contribution in [2.24, 2.45) is 0 Å². The van der Waals surface area contributed by atoms with Crippen LogP contribution in [0.4, 0.5) is 5.69 Å². The third-order valence-corrected chi connectivity index (χ3v) is 6.03. The maximum atomic E-state index is 12.4. The minimum atomic E-state index is -3.53. The van der Waals surface area contributed by atoms with Gasteiger partial charge in [0.1, 0.15) is 0 Å². The molecule has 0 radical (unpaired) electrons. The van der Waals surface area contributed by atoms with Gasteiger partial charge in [-0.1, -0.05) is 31.0 Å². The van der Waals surface area contributed by atoms with Gasteiger partial charge in [0.15, 0.2) is 0 Å². The third kappa shape index (κ3) is 4.27. The van der Waals surface area contributed by atoms with Crippen molar-refractivity contribution < 1.29 is 13.2 Å². The molecule has 0 aliphatic heterocycles. The largest absolute Gasteiger partial charge is 0.322 e. The summed E-state index contributed by atoms with van der Waals surface area (Å²) in [4.78, 5) is 12.5. The minimum Gasteiger partial charge on any atom is -0.322 e. The summed E-state index contributed by atoms with van der Waals surface area (Å²) in [5.74, 6) is -0.262. The van der Waals surface area contributed by atoms with Crippen LogP contribution >= 0.6 is 0 Å². The van der Waals surface area contributed by atoms with Crippen LogP contribution in [0, 0.1) is 6.92 Å². The molecule has 1 saturated carbocycles. The lowest BCUT2D eigenvalue weighted by Crippen LogP contribution is -2.32. The molecule has 6 heteroatoms. The number of hydrogen-bond acceptors (Lipinski definition) is 3. The fourth-order valence-corrected chi connectivity index (χ4v) is 4.33. The molecule has 1 aliphatic carbocycles. The second-order valence-corrected chi connectivity index (χ2v) is 8.11. The quantitative estimate of drug-likeness (QED) is 0.859. The second kappa shape index (κ2) is 7.37. The van der Waals surface area contributed by atoms with E-state index in [1.165, 1.54) is 24.3 Å². The van der Waals surface area contributed by atoms with E-state index < -0.39 is 10.0 Å². The first kappa shape index (κ1) is 17.6. The first-order valence-electron chi connectivity index (χ1n) is 8.45. The highest BCUT2D eigenvalue weighted by atomic mass is 32.2. The van der Waals surface area contributed by atoms with Crippen LogP contribution in [0.25, 0.3) is 0 Å². The zero-order valence-corrected chi connectivity index (χ0v) is 15.0. The zero-order chi connectivity index (χ0) is 17.9. The molecule has 1 amide bonds. The summed E-state index contributed by atoms with van der Waals surface area (Å²) in [6.07, 6.45) is 3.89. The normalized spacial score (nSPS) is 15.2. The van der Waals surface area contributed by atoms with E-state index in [-0.39, 0.29) is 16.8 Å². The minimum absolute atomic E-state index is 0.0223. The molecule has 0 atom stereocenters. The number of carbonyl (C=O) groups excluding carboxylic acids is 1. The number of hydrogen-bond donors (Lipinski definition) is 2. The molecule has 1 aliphatic rings. The van der Waals surface area contributed by atoms with Crippen molar-refractivity contribution in [3.63, 3.8) is 0 Å². The van der Waals surface area contributed by atoms with Gasteiger partial charge in [0.05, 0.1) is 4.90 Å². The van der Waals surface area contributed by atoms with Gasteiger partial charge in [-0.15, -0.1) is 0 Å². The summed E-state index contributed by atoms with van der Waals surface area (Å²) in [5.41, 5.74) is 2.13. The van der Waals surface area contributed by atoms with Crippen LogP contribution in [0.2, 0.25) is 0 Å². The number of amides is 1. The van der Waals surface area contributed by atoms with Crippen molar-refractivity contribution in [1.29, 1.82) is 0 Å². The number of rotatable bonds is 5. The molecule has 0 unspecified atom stereocenters. The number of para-hydroxylation sites is 1. The van der Waals surface area contributed by atoms with Crippen molar-refractivity contribution in [3.8, 4) is 0 Å². The van der Waals surface area contributed by atoms with Crippen LogP contribution in [-0.4, -0.2) is 20.4 Å². The summed E-state index contributed by atoms with van der Waals surface area (Å²) < 4.78 is 27.5. The van der Waals surface area contributed by atoms with Crippen molar-refractivity contribution >= 4 is 21.6 Å². The van der Waals surface area contributed by atoms with Gasteiger partial charge in [0.25, 0.3) is 5.91 Å². The highest BCUT2D eigenvalue weighted by Crippen LogP contribution is 2.21. The van der Waals surface area contributed by atoms with Crippen LogP contribution in [-0.2, 0) is 10.0 Å². The standard InChI is InChI=1S/C19H22N2O3S/c1-14-6-2-5-9-18(14)20-19(22)15-10-12-17(13-11-15)25(23,24)21-16-7-3-4-8-16/h2,5-6,9-13,16,21H,3-4,7-8H2,1H3,(H,20,22). The highest BCUT2D eigenvalue weighted by molar-refractivity contribution is 7.89. The summed E-state index contributed by atoms with van der Waals surface area (Å²) >= 11 is 0. The van der Waals surface area contributed by atoms with E-state index in [9.17, 15) is 13.2 Å². The SMILES string of the molecule is Cc1ccccc1NC(=O)c1ccc(S(=O)(=O)NC2CCCC2)cc1. The Balaban J connectivity index is 1.71. The molecule has 0 bridgehead atoms. The van der Waals surface area contributed by atoms with Gasteiger partial charge in [0, 0.05) is 17.3 Å². The summed E-state index contributed by atoms with van der Waals surface area (Å²) in [7, 11) is -3.53. The fraction of sp³-hybridized carbons (Fsp3) is 0.316. The van der Waals surface area contributed by atoms with E-state index in [1.54, 1.807) is 0 Å². The van der Waals surface area contributed by atoms with Gasteiger partial charge in [-0.05, 0) is 55.7 Å². The number of nitrogens with one attached hydrogen (secondary N) is 2. The van der Waals surface area contributed by atoms with Crippen molar-refractivity contribution in [2.75, 3.05) is 5.32 Å². The Morgan fingerprint density at radius 3 is 2.28 bits per heavy atom. The molecule has 2 aromatic rings. The molecule has 25 heavy (non-hydrogen) atoms. The van der Waals surface area contributed by atoms with E-state index in [2.05, 4.69) is 10.0 Å². The van der Waals surface area contributed by atoms with E-state index in [1.807, 2.05) is 31.2 Å². The summed E-state index contributed by atoms with van der Waals surface area (Å²) in [6, 6.07) is 13.6. The Morgan fingerprint density at radius 1 is 1.00 bits per heavy atom. The maximum Gasteiger partial charge on any atom is 0.255 e. The average molecular weight is 358 g/mol. The monoisotopic (exact) mass is 358 g/mol. The molecule has 2 N–H and O–H groups in total. The van der Waals surface area contributed by atoms with E-state index in [4.69, 9.17) is 0 Å². The summed E-state index contributed by atoms with van der Waals surface area (Å²) in [5, 5.41) is 2.84. The van der Waals surface area contributed by atoms with Crippen LogP contribution in [0.1, 0.15) is 41.6 Å². The van der Waals surface area contributed by atoms with Gasteiger partial charge >= 0.3 is 0 Å². The Kier molecular flexibility index (Phi) is 5.20. The molecule has 2 aromatic carbocycles. The topological polar surface area (TPSA) is 75.3 Å². The number of aryl methyl sites for hydroxylation is 1. The van der Waals surface area contributed by atoms with Gasteiger partial charge in [0.2, 0.25) is 10.0 Å². The zero-order valence-electron chi connectivity index (χ0n) is 14.2. The maximum absolute atomic E-state index is 12.4. The summed E-state index contributed by atoms with van der Waals surface area (Å²) in [6.45, 7) is 1.92. The van der Waals surface area contributed by atoms with Crippen molar-refractivity contribution in [3.05, 3.63) is 59.7 Å². The molecule has 0 aromatic heterocycles. The molecule has 3 rings (SSSR count). The van der Waals surface area contributed by atoms with Gasteiger partial charge in [-0.2, -0.15) is 0 Å². The predicted molar refractivity (Wildman–Crippen MR) is 98.2 cm³/mol. The van der Waals surface area contributed by atoms with Gasteiger partial charge < -0.3 is 5.32 Å². The molecule has 0 heterocycles. The molecular formula is C19H22N2O3S. The van der Waals surface area contributed by atoms with Crippen molar-refractivity contribution in [2.45, 2.75) is 43.5 Å². The second-order valence-electron chi connectivity index (χ2n) is 6.40. The van der Waals surface area contributed by atoms with Crippen LogP contribution < -0.4 is 10.0 Å². The number of carbonyl (C=O) groups is 1.